The first kappa shape index (κ1) is 14.3. The summed E-state index contributed by atoms with van der Waals surface area (Å²) >= 11 is 6.13. The Kier molecular flexibility index (Phi) is 3.65. The molecule has 1 aromatic carbocycles. The summed E-state index contributed by atoms with van der Waals surface area (Å²) in [6, 6.07) is 7.80. The minimum atomic E-state index is -0.375. The normalized spacial score (nSPS) is 10.6. The Morgan fingerprint density at radius 1 is 1.41 bits per heavy atom. The van der Waals surface area contributed by atoms with Gasteiger partial charge in [0.1, 0.15) is 23.4 Å². The van der Waals surface area contributed by atoms with Crippen LogP contribution in [0.5, 0.6) is 0 Å². The molecule has 0 spiro atoms. The Morgan fingerprint density at radius 2 is 2.23 bits per heavy atom. The molecule has 0 aliphatic heterocycles. The lowest BCUT2D eigenvalue weighted by molar-refractivity contribution is 0.444. The molecule has 0 saturated carbocycles. The van der Waals surface area contributed by atoms with Crippen LogP contribution in [0.15, 0.2) is 35.0 Å². The van der Waals surface area contributed by atoms with Crippen molar-refractivity contribution in [2.75, 3.05) is 11.9 Å². The fraction of sp³-hybridized carbons (Fsp3) is 0.133. The van der Waals surface area contributed by atoms with Crippen molar-refractivity contribution in [1.82, 2.24) is 10.1 Å². The summed E-state index contributed by atoms with van der Waals surface area (Å²) in [6.07, 6.45) is 1.45. The zero-order valence-corrected chi connectivity index (χ0v) is 12.3. The third kappa shape index (κ3) is 2.59. The summed E-state index contributed by atoms with van der Waals surface area (Å²) in [7, 11) is 1.80. The number of nitriles is 1. The Balaban J connectivity index is 1.90. The van der Waals surface area contributed by atoms with Crippen LogP contribution >= 0.6 is 11.6 Å². The van der Waals surface area contributed by atoms with Crippen LogP contribution in [0.3, 0.4) is 0 Å². The number of benzene rings is 1. The van der Waals surface area contributed by atoms with E-state index in [-0.39, 0.29) is 5.82 Å². The largest absolute Gasteiger partial charge is 0.356 e. The van der Waals surface area contributed by atoms with Crippen molar-refractivity contribution in [2.24, 2.45) is 0 Å². The number of aromatic nitrogens is 2. The number of hydrogen-bond acceptors (Lipinski definition) is 5. The Morgan fingerprint density at radius 3 is 2.95 bits per heavy atom. The van der Waals surface area contributed by atoms with Gasteiger partial charge >= 0.3 is 0 Å². The van der Waals surface area contributed by atoms with Crippen molar-refractivity contribution in [2.45, 2.75) is 6.54 Å². The summed E-state index contributed by atoms with van der Waals surface area (Å²) in [5.74, 6) is 0.152. The average molecular weight is 317 g/mol. The molecule has 0 N–H and O–H groups in total. The highest BCUT2D eigenvalue weighted by Crippen LogP contribution is 2.26. The second kappa shape index (κ2) is 5.62. The second-order valence-electron chi connectivity index (χ2n) is 4.77. The minimum Gasteiger partial charge on any atom is -0.356 e. The van der Waals surface area contributed by atoms with Gasteiger partial charge in [-0.3, -0.25) is 0 Å². The van der Waals surface area contributed by atoms with E-state index >= 15 is 0 Å². The number of fused-ring (bicyclic) bond motifs is 1. The van der Waals surface area contributed by atoms with Crippen molar-refractivity contribution >= 4 is 28.4 Å². The second-order valence-corrected chi connectivity index (χ2v) is 5.17. The predicted molar refractivity (Wildman–Crippen MR) is 80.0 cm³/mol. The number of halogens is 2. The zero-order chi connectivity index (χ0) is 15.7. The molecule has 2 aromatic heterocycles. The van der Waals surface area contributed by atoms with Gasteiger partial charge in [0.05, 0.1) is 17.1 Å². The van der Waals surface area contributed by atoms with Crippen LogP contribution < -0.4 is 4.90 Å². The summed E-state index contributed by atoms with van der Waals surface area (Å²) in [6.45, 7) is 0.386. The van der Waals surface area contributed by atoms with Gasteiger partial charge in [0.25, 0.3) is 0 Å². The molecule has 22 heavy (non-hydrogen) atoms. The molecule has 0 aliphatic carbocycles. The van der Waals surface area contributed by atoms with E-state index in [0.29, 0.717) is 34.2 Å². The van der Waals surface area contributed by atoms with E-state index in [1.807, 2.05) is 6.07 Å². The molecule has 0 aliphatic rings. The first-order valence-corrected chi connectivity index (χ1v) is 6.77. The summed E-state index contributed by atoms with van der Waals surface area (Å²) in [4.78, 5) is 5.96. The van der Waals surface area contributed by atoms with E-state index in [1.165, 1.54) is 18.3 Å². The molecular formula is C15H10ClFN4O. The topological polar surface area (TPSA) is 66.0 Å². The smallest absolute Gasteiger partial charge is 0.170 e. The van der Waals surface area contributed by atoms with Crippen LogP contribution in [-0.2, 0) is 6.54 Å². The van der Waals surface area contributed by atoms with Crippen LogP contribution in [0.4, 0.5) is 10.2 Å². The molecule has 0 fully saturated rings. The number of nitrogens with zero attached hydrogens (tertiary/aromatic N) is 4. The van der Waals surface area contributed by atoms with Crippen LogP contribution in [0.1, 0.15) is 11.3 Å². The maximum absolute atomic E-state index is 13.1. The van der Waals surface area contributed by atoms with Crippen molar-refractivity contribution in [3.05, 3.63) is 52.6 Å². The van der Waals surface area contributed by atoms with Gasteiger partial charge in [-0.1, -0.05) is 16.8 Å². The number of rotatable bonds is 3. The van der Waals surface area contributed by atoms with Gasteiger partial charge in [-0.15, -0.1) is 0 Å². The third-order valence-electron chi connectivity index (χ3n) is 3.21. The van der Waals surface area contributed by atoms with Crippen LogP contribution in [0.25, 0.3) is 11.0 Å². The molecular weight excluding hydrogens is 307 g/mol. The van der Waals surface area contributed by atoms with E-state index < -0.39 is 0 Å². The summed E-state index contributed by atoms with van der Waals surface area (Å²) < 4.78 is 18.3. The molecule has 5 nitrogen and oxygen atoms in total. The van der Waals surface area contributed by atoms with Gasteiger partial charge in [0.2, 0.25) is 0 Å². The predicted octanol–water partition coefficient (Wildman–Crippen LogP) is 3.52. The molecule has 0 radical (unpaired) electrons. The van der Waals surface area contributed by atoms with Crippen molar-refractivity contribution in [3.63, 3.8) is 0 Å². The maximum atomic E-state index is 13.1. The molecule has 110 valence electrons. The van der Waals surface area contributed by atoms with E-state index in [9.17, 15) is 4.39 Å². The lowest BCUT2D eigenvalue weighted by Crippen LogP contribution is -2.18. The monoisotopic (exact) mass is 316 g/mol. The molecule has 0 atom stereocenters. The summed E-state index contributed by atoms with van der Waals surface area (Å²) in [5.41, 5.74) is 1.44. The lowest BCUT2D eigenvalue weighted by atomic mass is 10.2. The molecule has 3 aromatic rings. The van der Waals surface area contributed by atoms with Gasteiger partial charge in [0, 0.05) is 24.7 Å². The molecule has 7 heteroatoms. The standard InChI is InChI=1S/C15H10ClFN4O/c1-21(15-12(16)4-9(6-18)7-19-15)8-13-11-3-2-10(17)5-14(11)22-20-13/h2-5,7H,8H2,1H3. The molecule has 0 amide bonds. The Hall–Kier alpha value is -2.65. The van der Waals surface area contributed by atoms with Gasteiger partial charge in [0.15, 0.2) is 5.58 Å². The van der Waals surface area contributed by atoms with Crippen molar-refractivity contribution in [1.29, 1.82) is 5.26 Å². The Labute approximate surface area is 130 Å². The molecule has 0 unspecified atom stereocenters. The number of hydrogen-bond donors (Lipinski definition) is 0. The highest BCUT2D eigenvalue weighted by molar-refractivity contribution is 6.33. The first-order chi connectivity index (χ1) is 10.6. The third-order valence-corrected chi connectivity index (χ3v) is 3.49. The van der Waals surface area contributed by atoms with Gasteiger partial charge in [-0.25, -0.2) is 9.37 Å². The van der Waals surface area contributed by atoms with Gasteiger partial charge < -0.3 is 9.42 Å². The first-order valence-electron chi connectivity index (χ1n) is 6.39. The van der Waals surface area contributed by atoms with Gasteiger partial charge in [-0.2, -0.15) is 5.26 Å². The van der Waals surface area contributed by atoms with E-state index in [1.54, 1.807) is 24.1 Å². The van der Waals surface area contributed by atoms with E-state index in [2.05, 4.69) is 10.1 Å². The highest BCUT2D eigenvalue weighted by Gasteiger charge is 2.14. The molecule has 0 saturated heterocycles. The van der Waals surface area contributed by atoms with Crippen molar-refractivity contribution < 1.29 is 8.91 Å². The molecule has 0 bridgehead atoms. The number of pyridine rings is 1. The van der Waals surface area contributed by atoms with E-state index in [4.69, 9.17) is 21.4 Å². The lowest BCUT2D eigenvalue weighted by Gasteiger charge is -2.18. The average Bonchev–Trinajstić information content (AvgIpc) is 2.89. The fourth-order valence-corrected chi connectivity index (χ4v) is 2.46. The highest BCUT2D eigenvalue weighted by atomic mass is 35.5. The minimum absolute atomic E-state index is 0.375. The zero-order valence-electron chi connectivity index (χ0n) is 11.5. The quantitative estimate of drug-likeness (QED) is 0.739. The molecule has 2 heterocycles. The fourth-order valence-electron chi connectivity index (χ4n) is 2.15. The van der Waals surface area contributed by atoms with Gasteiger partial charge in [-0.05, 0) is 18.2 Å². The maximum Gasteiger partial charge on any atom is 0.170 e. The van der Waals surface area contributed by atoms with Crippen LogP contribution in [0, 0.1) is 17.1 Å². The van der Waals surface area contributed by atoms with Crippen LogP contribution in [-0.4, -0.2) is 17.2 Å². The van der Waals surface area contributed by atoms with Crippen LogP contribution in [0.2, 0.25) is 5.02 Å². The van der Waals surface area contributed by atoms with E-state index in [0.717, 1.165) is 5.39 Å². The van der Waals surface area contributed by atoms with Crippen molar-refractivity contribution in [3.8, 4) is 6.07 Å². The SMILES string of the molecule is CN(Cc1noc2cc(F)ccc12)c1ncc(C#N)cc1Cl. The molecule has 3 rings (SSSR count). The summed E-state index contributed by atoms with van der Waals surface area (Å²) in [5, 5.41) is 13.9. The Bertz CT molecular complexity index is 887. The number of anilines is 1.